The normalized spacial score (nSPS) is 10.6. The van der Waals surface area contributed by atoms with Gasteiger partial charge in [0.05, 0.1) is 0 Å². The van der Waals surface area contributed by atoms with Gasteiger partial charge < -0.3 is 5.32 Å². The fourth-order valence-corrected chi connectivity index (χ4v) is 1.76. The highest BCUT2D eigenvalue weighted by Gasteiger charge is 1.99. The van der Waals surface area contributed by atoms with Gasteiger partial charge in [-0.15, -0.1) is 0 Å². The van der Waals surface area contributed by atoms with Crippen LogP contribution in [-0.4, -0.2) is 11.5 Å². The Balaban J connectivity index is 1.77. The second kappa shape index (κ2) is 6.26. The molecule has 3 heteroatoms. The summed E-state index contributed by atoms with van der Waals surface area (Å²) in [4.78, 5) is 3.98. The lowest BCUT2D eigenvalue weighted by atomic mass is 10.1. The molecule has 0 unspecified atom stereocenters. The quantitative estimate of drug-likeness (QED) is 0.818. The molecule has 0 aliphatic carbocycles. The number of nitrogens with one attached hydrogen (secondary N) is 1. The van der Waals surface area contributed by atoms with Crippen LogP contribution in [0.2, 0.25) is 0 Å². The minimum absolute atomic E-state index is 0.136. The van der Waals surface area contributed by atoms with E-state index in [0.29, 0.717) is 12.1 Å². The molecule has 0 aliphatic rings. The Bertz CT molecular complexity index is 497. The summed E-state index contributed by atoms with van der Waals surface area (Å²) in [6.45, 7) is 3.35. The maximum Gasteiger partial charge on any atom is 0.126 e. The van der Waals surface area contributed by atoms with Crippen molar-refractivity contribution in [2.75, 3.05) is 6.54 Å². The molecule has 0 amide bonds. The summed E-state index contributed by atoms with van der Waals surface area (Å²) in [6, 6.07) is 9.38. The molecule has 0 saturated heterocycles. The molecular weight excluding hydrogens is 227 g/mol. The van der Waals surface area contributed by atoms with Crippen LogP contribution in [0.15, 0.2) is 42.7 Å². The standard InChI is InChI=1S/C15H17FN2/c1-12-2-3-14(10-15(12)16)11-18-9-6-13-4-7-17-8-5-13/h2-5,7-8,10,18H,6,9,11H2,1H3. The van der Waals surface area contributed by atoms with Crippen molar-refractivity contribution in [3.05, 3.63) is 65.2 Å². The van der Waals surface area contributed by atoms with E-state index in [-0.39, 0.29) is 5.82 Å². The largest absolute Gasteiger partial charge is 0.312 e. The number of aryl methyl sites for hydroxylation is 1. The van der Waals surface area contributed by atoms with E-state index in [9.17, 15) is 4.39 Å². The molecule has 0 fully saturated rings. The Hall–Kier alpha value is -1.74. The summed E-state index contributed by atoms with van der Waals surface area (Å²) >= 11 is 0. The van der Waals surface area contributed by atoms with Gasteiger partial charge in [-0.25, -0.2) is 4.39 Å². The van der Waals surface area contributed by atoms with E-state index in [4.69, 9.17) is 0 Å². The molecule has 0 aliphatic heterocycles. The summed E-state index contributed by atoms with van der Waals surface area (Å²) in [6.07, 6.45) is 4.55. The van der Waals surface area contributed by atoms with E-state index in [1.165, 1.54) is 5.56 Å². The van der Waals surface area contributed by atoms with Gasteiger partial charge in [0, 0.05) is 18.9 Å². The van der Waals surface area contributed by atoms with E-state index in [2.05, 4.69) is 10.3 Å². The van der Waals surface area contributed by atoms with Crippen molar-refractivity contribution < 1.29 is 4.39 Å². The van der Waals surface area contributed by atoms with Crippen molar-refractivity contribution in [2.24, 2.45) is 0 Å². The lowest BCUT2D eigenvalue weighted by Crippen LogP contribution is -2.16. The zero-order valence-corrected chi connectivity index (χ0v) is 10.5. The highest BCUT2D eigenvalue weighted by molar-refractivity contribution is 5.23. The van der Waals surface area contributed by atoms with Crippen molar-refractivity contribution in [1.29, 1.82) is 0 Å². The van der Waals surface area contributed by atoms with Crippen LogP contribution < -0.4 is 5.32 Å². The Kier molecular flexibility index (Phi) is 4.42. The van der Waals surface area contributed by atoms with Crippen LogP contribution in [-0.2, 0) is 13.0 Å². The lowest BCUT2D eigenvalue weighted by Gasteiger charge is -2.06. The third-order valence-corrected chi connectivity index (χ3v) is 2.91. The molecule has 0 bridgehead atoms. The van der Waals surface area contributed by atoms with Gasteiger partial charge in [0.15, 0.2) is 0 Å². The van der Waals surface area contributed by atoms with Gasteiger partial charge in [-0.3, -0.25) is 4.98 Å². The number of aromatic nitrogens is 1. The van der Waals surface area contributed by atoms with Crippen molar-refractivity contribution in [3.8, 4) is 0 Å². The van der Waals surface area contributed by atoms with Crippen LogP contribution in [0.3, 0.4) is 0 Å². The van der Waals surface area contributed by atoms with Crippen LogP contribution in [0, 0.1) is 12.7 Å². The first-order valence-corrected chi connectivity index (χ1v) is 6.10. The zero-order chi connectivity index (χ0) is 12.8. The van der Waals surface area contributed by atoms with Crippen molar-refractivity contribution in [1.82, 2.24) is 10.3 Å². The average Bonchev–Trinajstić information content (AvgIpc) is 2.40. The van der Waals surface area contributed by atoms with E-state index in [1.807, 2.05) is 24.3 Å². The number of hydrogen-bond donors (Lipinski definition) is 1. The highest BCUT2D eigenvalue weighted by Crippen LogP contribution is 2.08. The van der Waals surface area contributed by atoms with E-state index < -0.39 is 0 Å². The monoisotopic (exact) mass is 244 g/mol. The third-order valence-electron chi connectivity index (χ3n) is 2.91. The smallest absolute Gasteiger partial charge is 0.126 e. The predicted octanol–water partition coefficient (Wildman–Crippen LogP) is 2.86. The van der Waals surface area contributed by atoms with Crippen LogP contribution in [0.4, 0.5) is 4.39 Å². The molecule has 0 saturated carbocycles. The molecular formula is C15H17FN2. The first-order chi connectivity index (χ1) is 8.75. The second-order valence-electron chi connectivity index (χ2n) is 4.37. The summed E-state index contributed by atoms with van der Waals surface area (Å²) in [5.74, 6) is -0.136. The van der Waals surface area contributed by atoms with E-state index in [1.54, 1.807) is 25.4 Å². The number of nitrogens with zero attached hydrogens (tertiary/aromatic N) is 1. The van der Waals surface area contributed by atoms with Gasteiger partial charge in [0.25, 0.3) is 0 Å². The SMILES string of the molecule is Cc1ccc(CNCCc2ccncc2)cc1F. The maximum absolute atomic E-state index is 13.3. The summed E-state index contributed by atoms with van der Waals surface area (Å²) in [5.41, 5.74) is 2.93. The van der Waals surface area contributed by atoms with Gasteiger partial charge in [-0.2, -0.15) is 0 Å². The predicted molar refractivity (Wildman–Crippen MR) is 70.8 cm³/mol. The Labute approximate surface area is 107 Å². The number of benzene rings is 1. The van der Waals surface area contributed by atoms with E-state index >= 15 is 0 Å². The summed E-state index contributed by atoms with van der Waals surface area (Å²) in [7, 11) is 0. The van der Waals surface area contributed by atoms with Crippen molar-refractivity contribution >= 4 is 0 Å². The number of pyridine rings is 1. The van der Waals surface area contributed by atoms with Crippen LogP contribution in [0.5, 0.6) is 0 Å². The maximum atomic E-state index is 13.3. The Morgan fingerprint density at radius 3 is 2.61 bits per heavy atom. The average molecular weight is 244 g/mol. The topological polar surface area (TPSA) is 24.9 Å². The zero-order valence-electron chi connectivity index (χ0n) is 10.5. The van der Waals surface area contributed by atoms with Crippen LogP contribution in [0.25, 0.3) is 0 Å². The second-order valence-corrected chi connectivity index (χ2v) is 4.37. The molecule has 0 atom stereocenters. The molecule has 1 N–H and O–H groups in total. The van der Waals surface area contributed by atoms with Crippen molar-refractivity contribution in [2.45, 2.75) is 19.9 Å². The molecule has 18 heavy (non-hydrogen) atoms. The lowest BCUT2D eigenvalue weighted by molar-refractivity contribution is 0.611. The highest BCUT2D eigenvalue weighted by atomic mass is 19.1. The number of hydrogen-bond acceptors (Lipinski definition) is 2. The number of rotatable bonds is 5. The van der Waals surface area contributed by atoms with Crippen molar-refractivity contribution in [3.63, 3.8) is 0 Å². The first kappa shape index (κ1) is 12.7. The molecule has 1 heterocycles. The molecule has 94 valence electrons. The summed E-state index contributed by atoms with van der Waals surface area (Å²) in [5, 5.41) is 3.31. The van der Waals surface area contributed by atoms with Gasteiger partial charge >= 0.3 is 0 Å². The molecule has 1 aromatic carbocycles. The molecule has 0 radical (unpaired) electrons. The Morgan fingerprint density at radius 1 is 1.11 bits per heavy atom. The van der Waals surface area contributed by atoms with Crippen LogP contribution >= 0.6 is 0 Å². The molecule has 2 aromatic rings. The molecule has 1 aromatic heterocycles. The van der Waals surface area contributed by atoms with Crippen LogP contribution in [0.1, 0.15) is 16.7 Å². The molecule has 0 spiro atoms. The van der Waals surface area contributed by atoms with Gasteiger partial charge in [0.2, 0.25) is 0 Å². The number of halogens is 1. The summed E-state index contributed by atoms with van der Waals surface area (Å²) < 4.78 is 13.3. The first-order valence-electron chi connectivity index (χ1n) is 6.10. The molecule has 2 rings (SSSR count). The minimum Gasteiger partial charge on any atom is -0.312 e. The van der Waals surface area contributed by atoms with Gasteiger partial charge in [0.1, 0.15) is 5.82 Å². The van der Waals surface area contributed by atoms with Gasteiger partial charge in [-0.05, 0) is 54.8 Å². The van der Waals surface area contributed by atoms with E-state index in [0.717, 1.165) is 18.5 Å². The fourth-order valence-electron chi connectivity index (χ4n) is 1.76. The minimum atomic E-state index is -0.136. The molecule has 2 nitrogen and oxygen atoms in total. The van der Waals surface area contributed by atoms with Gasteiger partial charge in [-0.1, -0.05) is 12.1 Å². The Morgan fingerprint density at radius 2 is 1.89 bits per heavy atom. The third kappa shape index (κ3) is 3.64. The fraction of sp³-hybridized carbons (Fsp3) is 0.267.